The van der Waals surface area contributed by atoms with Gasteiger partial charge in [-0.1, -0.05) is 6.07 Å². The van der Waals surface area contributed by atoms with Crippen molar-refractivity contribution in [3.8, 4) is 5.88 Å². The van der Waals surface area contributed by atoms with Gasteiger partial charge in [-0.2, -0.15) is 0 Å². The Morgan fingerprint density at radius 3 is 2.55 bits per heavy atom. The number of nitrogens with zero attached hydrogens (tertiary/aromatic N) is 2. The molecule has 0 spiro atoms. The molecule has 2 heterocycles. The summed E-state index contributed by atoms with van der Waals surface area (Å²) in [5.74, 6) is 1.30. The van der Waals surface area contributed by atoms with Crippen LogP contribution in [0.4, 0.5) is 0 Å². The highest BCUT2D eigenvalue weighted by atomic mass is 16.5. The average Bonchev–Trinajstić information content (AvgIpc) is 2.75. The third-order valence-electron chi connectivity index (χ3n) is 2.78. The van der Waals surface area contributed by atoms with Gasteiger partial charge in [0, 0.05) is 25.7 Å². The molecule has 2 aromatic heterocycles. The molecule has 0 saturated carbocycles. The molecular weight excluding hydrogens is 282 g/mol. The highest BCUT2D eigenvalue weighted by Crippen LogP contribution is 2.15. The van der Waals surface area contributed by atoms with Crippen LogP contribution in [0.5, 0.6) is 5.88 Å². The van der Waals surface area contributed by atoms with E-state index in [9.17, 15) is 4.79 Å². The molecule has 0 aliphatic heterocycles. The van der Waals surface area contributed by atoms with E-state index in [0.717, 1.165) is 5.56 Å². The number of oxazole rings is 1. The van der Waals surface area contributed by atoms with Crippen molar-refractivity contribution in [1.29, 1.82) is 0 Å². The number of nitrogens with one attached hydrogen (secondary N) is 1. The summed E-state index contributed by atoms with van der Waals surface area (Å²) in [4.78, 5) is 20.3. The van der Waals surface area contributed by atoms with Crippen molar-refractivity contribution in [2.75, 3.05) is 0 Å². The number of amides is 1. The third kappa shape index (κ3) is 4.31. The Labute approximate surface area is 129 Å². The van der Waals surface area contributed by atoms with Crippen LogP contribution in [0.3, 0.4) is 0 Å². The van der Waals surface area contributed by atoms with Crippen LogP contribution in [0.25, 0.3) is 0 Å². The maximum Gasteiger partial charge on any atom is 0.273 e. The van der Waals surface area contributed by atoms with Crippen molar-refractivity contribution in [3.05, 3.63) is 41.2 Å². The van der Waals surface area contributed by atoms with Crippen molar-refractivity contribution >= 4 is 5.91 Å². The molecule has 0 bridgehead atoms. The van der Waals surface area contributed by atoms with Crippen LogP contribution in [-0.2, 0) is 6.54 Å². The maximum atomic E-state index is 12.0. The molecule has 0 radical (unpaired) electrons. The second-order valence-electron chi connectivity index (χ2n) is 6.04. The smallest absolute Gasteiger partial charge is 0.273 e. The van der Waals surface area contributed by atoms with Crippen molar-refractivity contribution < 1.29 is 13.9 Å². The lowest BCUT2D eigenvalue weighted by molar-refractivity contribution is 0.0945. The summed E-state index contributed by atoms with van der Waals surface area (Å²) < 4.78 is 10.9. The number of hydrogen-bond acceptors (Lipinski definition) is 5. The fourth-order valence-electron chi connectivity index (χ4n) is 1.90. The molecule has 2 aromatic rings. The lowest BCUT2D eigenvalue weighted by Gasteiger charge is -2.20. The second-order valence-corrected chi connectivity index (χ2v) is 6.04. The van der Waals surface area contributed by atoms with Gasteiger partial charge in [0.05, 0.1) is 0 Å². The van der Waals surface area contributed by atoms with Crippen LogP contribution in [-0.4, -0.2) is 21.5 Å². The number of aromatic nitrogens is 2. The van der Waals surface area contributed by atoms with E-state index in [4.69, 9.17) is 9.15 Å². The van der Waals surface area contributed by atoms with E-state index in [0.29, 0.717) is 29.8 Å². The Hall–Kier alpha value is -2.37. The number of carbonyl (C=O) groups excluding carboxylic acids is 1. The molecule has 0 saturated heterocycles. The predicted molar refractivity (Wildman–Crippen MR) is 81.8 cm³/mol. The molecule has 0 aliphatic carbocycles. The second kappa shape index (κ2) is 6.17. The van der Waals surface area contributed by atoms with Crippen LogP contribution in [0.2, 0.25) is 0 Å². The molecule has 118 valence electrons. The molecule has 0 atom stereocenters. The first-order valence-corrected chi connectivity index (χ1v) is 7.11. The highest BCUT2D eigenvalue weighted by molar-refractivity contribution is 5.93. The Bertz CT molecular complexity index is 654. The normalized spacial score (nSPS) is 11.3. The van der Waals surface area contributed by atoms with Crippen LogP contribution in [0.1, 0.15) is 48.5 Å². The number of carbonyl (C=O) groups is 1. The van der Waals surface area contributed by atoms with Gasteiger partial charge in [0.1, 0.15) is 11.4 Å². The predicted octanol–water partition coefficient (Wildman–Crippen LogP) is 2.79. The van der Waals surface area contributed by atoms with E-state index in [1.807, 2.05) is 26.8 Å². The zero-order valence-electron chi connectivity index (χ0n) is 13.6. The van der Waals surface area contributed by atoms with Crippen LogP contribution in [0, 0.1) is 13.8 Å². The summed E-state index contributed by atoms with van der Waals surface area (Å²) in [6.45, 7) is 9.69. The molecule has 6 heteroatoms. The molecule has 22 heavy (non-hydrogen) atoms. The largest absolute Gasteiger partial charge is 0.472 e. The summed E-state index contributed by atoms with van der Waals surface area (Å²) in [7, 11) is 0. The first kappa shape index (κ1) is 16.0. The maximum absolute atomic E-state index is 12.0. The number of ether oxygens (including phenoxy) is 1. The molecule has 0 fully saturated rings. The Balaban J connectivity index is 1.94. The first-order chi connectivity index (χ1) is 10.2. The average molecular weight is 303 g/mol. The number of pyridine rings is 1. The summed E-state index contributed by atoms with van der Waals surface area (Å²) in [6, 6.07) is 3.66. The van der Waals surface area contributed by atoms with Crippen molar-refractivity contribution in [2.24, 2.45) is 0 Å². The lowest BCUT2D eigenvalue weighted by Crippen LogP contribution is -2.24. The Kier molecular flexibility index (Phi) is 4.49. The Morgan fingerprint density at radius 1 is 1.32 bits per heavy atom. The fourth-order valence-corrected chi connectivity index (χ4v) is 1.90. The fraction of sp³-hybridized carbons (Fsp3) is 0.438. The minimum Gasteiger partial charge on any atom is -0.472 e. The number of hydrogen-bond donors (Lipinski definition) is 1. The van der Waals surface area contributed by atoms with Gasteiger partial charge in [-0.05, 0) is 33.3 Å². The number of aryl methyl sites for hydroxylation is 2. The molecule has 0 aromatic carbocycles. The van der Waals surface area contributed by atoms with Crippen LogP contribution in [0.15, 0.2) is 22.7 Å². The first-order valence-electron chi connectivity index (χ1n) is 7.11. The highest BCUT2D eigenvalue weighted by Gasteiger charge is 2.15. The Morgan fingerprint density at radius 2 is 2.05 bits per heavy atom. The lowest BCUT2D eigenvalue weighted by atomic mass is 10.2. The van der Waals surface area contributed by atoms with Crippen molar-refractivity contribution in [2.45, 2.75) is 46.8 Å². The van der Waals surface area contributed by atoms with Gasteiger partial charge in [0.25, 0.3) is 5.91 Å². The molecule has 1 N–H and O–H groups in total. The monoisotopic (exact) mass is 303 g/mol. The van der Waals surface area contributed by atoms with Gasteiger partial charge in [-0.15, -0.1) is 0 Å². The molecular formula is C16H21N3O3. The van der Waals surface area contributed by atoms with E-state index < -0.39 is 0 Å². The van der Waals surface area contributed by atoms with E-state index >= 15 is 0 Å². The summed E-state index contributed by atoms with van der Waals surface area (Å²) >= 11 is 0. The van der Waals surface area contributed by atoms with Gasteiger partial charge in [0.15, 0.2) is 11.6 Å². The number of rotatable bonds is 4. The minimum atomic E-state index is -0.287. The standard InChI is InChI=1S/C16H21N3O3/c1-10-14(19-11(2)21-10)15(20)18-9-12-6-7-13(17-8-12)22-16(3,4)5/h6-8H,9H2,1-5H3,(H,18,20). The van der Waals surface area contributed by atoms with Gasteiger partial charge in [-0.3, -0.25) is 4.79 Å². The van der Waals surface area contributed by atoms with Gasteiger partial charge < -0.3 is 14.5 Å². The van der Waals surface area contributed by atoms with Crippen molar-refractivity contribution in [1.82, 2.24) is 15.3 Å². The molecule has 0 aliphatic rings. The zero-order valence-corrected chi connectivity index (χ0v) is 13.6. The SMILES string of the molecule is Cc1nc(C(=O)NCc2ccc(OC(C)(C)C)nc2)c(C)o1. The van der Waals surface area contributed by atoms with Gasteiger partial charge >= 0.3 is 0 Å². The molecule has 2 rings (SSSR count). The quantitative estimate of drug-likeness (QED) is 0.939. The van der Waals surface area contributed by atoms with E-state index in [-0.39, 0.29) is 11.5 Å². The van der Waals surface area contributed by atoms with E-state index in [2.05, 4.69) is 15.3 Å². The minimum absolute atomic E-state index is 0.260. The molecule has 1 amide bonds. The molecule has 0 unspecified atom stereocenters. The van der Waals surface area contributed by atoms with Gasteiger partial charge in [0.2, 0.25) is 5.88 Å². The van der Waals surface area contributed by atoms with Crippen LogP contribution >= 0.6 is 0 Å². The summed E-state index contributed by atoms with van der Waals surface area (Å²) in [6.07, 6.45) is 1.68. The van der Waals surface area contributed by atoms with Crippen LogP contribution < -0.4 is 10.1 Å². The topological polar surface area (TPSA) is 77.2 Å². The van der Waals surface area contributed by atoms with Gasteiger partial charge in [-0.25, -0.2) is 9.97 Å². The van der Waals surface area contributed by atoms with E-state index in [1.54, 1.807) is 26.1 Å². The summed E-state index contributed by atoms with van der Waals surface area (Å²) in [5.41, 5.74) is 0.913. The third-order valence-corrected chi connectivity index (χ3v) is 2.78. The summed E-state index contributed by atoms with van der Waals surface area (Å²) in [5, 5.41) is 2.79. The zero-order chi connectivity index (χ0) is 16.3. The van der Waals surface area contributed by atoms with Crippen molar-refractivity contribution in [3.63, 3.8) is 0 Å². The van der Waals surface area contributed by atoms with E-state index in [1.165, 1.54) is 0 Å². The molecule has 6 nitrogen and oxygen atoms in total.